The number of amides is 1. The van der Waals surface area contributed by atoms with Gasteiger partial charge in [0.2, 0.25) is 5.91 Å². The highest BCUT2D eigenvalue weighted by molar-refractivity contribution is 5.86. The molecule has 2 aliphatic heterocycles. The third-order valence-corrected chi connectivity index (χ3v) is 6.06. The number of rotatable bonds is 4. The molecule has 30 heavy (non-hydrogen) atoms. The minimum absolute atomic E-state index is 0. The van der Waals surface area contributed by atoms with Crippen molar-refractivity contribution in [2.24, 2.45) is 5.73 Å². The molecular formula is C22H27ClN4O3. The zero-order chi connectivity index (χ0) is 19.8. The summed E-state index contributed by atoms with van der Waals surface area (Å²) in [6.07, 6.45) is 5.04. The van der Waals surface area contributed by atoms with E-state index in [0.29, 0.717) is 31.8 Å². The summed E-state index contributed by atoms with van der Waals surface area (Å²) in [5.41, 5.74) is 9.32. The van der Waals surface area contributed by atoms with Crippen molar-refractivity contribution in [1.82, 2.24) is 14.9 Å². The van der Waals surface area contributed by atoms with Gasteiger partial charge in [-0.25, -0.2) is 4.98 Å². The molecule has 4 heterocycles. The molecule has 2 aliphatic rings. The van der Waals surface area contributed by atoms with Gasteiger partial charge in [0.1, 0.15) is 11.5 Å². The van der Waals surface area contributed by atoms with Crippen LogP contribution >= 0.6 is 12.4 Å². The smallest absolute Gasteiger partial charge is 0.240 e. The fourth-order valence-corrected chi connectivity index (χ4v) is 4.39. The van der Waals surface area contributed by atoms with E-state index in [0.717, 1.165) is 59.9 Å². The van der Waals surface area contributed by atoms with Crippen LogP contribution in [0.3, 0.4) is 0 Å². The van der Waals surface area contributed by atoms with Crippen LogP contribution in [0.1, 0.15) is 41.7 Å². The Morgan fingerprint density at radius 1 is 1.30 bits per heavy atom. The Bertz CT molecular complexity index is 1020. The van der Waals surface area contributed by atoms with Crippen LogP contribution in [0.4, 0.5) is 0 Å². The number of aromatic amines is 1. The number of H-pyrrole nitrogens is 1. The number of nitrogens with two attached hydrogens (primary N) is 1. The number of para-hydroxylation sites is 1. The number of halogens is 1. The van der Waals surface area contributed by atoms with Gasteiger partial charge < -0.3 is 24.8 Å². The fourth-order valence-electron chi connectivity index (χ4n) is 4.39. The van der Waals surface area contributed by atoms with Crippen molar-refractivity contribution < 1.29 is 13.9 Å². The highest BCUT2D eigenvalue weighted by Gasteiger charge is 2.30. The zero-order valence-corrected chi connectivity index (χ0v) is 17.6. The normalized spacial score (nSPS) is 18.1. The quantitative estimate of drug-likeness (QED) is 0.663. The van der Waals surface area contributed by atoms with Crippen molar-refractivity contribution in [3.8, 4) is 0 Å². The molecule has 2 aromatic heterocycles. The van der Waals surface area contributed by atoms with Gasteiger partial charge in [-0.15, -0.1) is 12.4 Å². The third-order valence-electron chi connectivity index (χ3n) is 6.06. The van der Waals surface area contributed by atoms with Crippen LogP contribution in [-0.2, 0) is 28.9 Å². The summed E-state index contributed by atoms with van der Waals surface area (Å²) in [6, 6.07) is 7.50. The molecule has 0 spiro atoms. The van der Waals surface area contributed by atoms with Gasteiger partial charge in [0.05, 0.1) is 12.6 Å². The third kappa shape index (κ3) is 3.97. The molecule has 1 atom stereocenters. The highest BCUT2D eigenvalue weighted by Crippen LogP contribution is 2.30. The summed E-state index contributed by atoms with van der Waals surface area (Å²) in [5, 5.41) is 1.12. The van der Waals surface area contributed by atoms with Gasteiger partial charge in [0.15, 0.2) is 5.89 Å². The molecule has 8 heteroatoms. The number of nitrogens with one attached hydrogen (secondary N) is 1. The number of nitrogens with zero attached hydrogens (tertiary/aromatic N) is 2. The van der Waals surface area contributed by atoms with Crippen LogP contribution in [0, 0.1) is 0 Å². The van der Waals surface area contributed by atoms with Gasteiger partial charge >= 0.3 is 0 Å². The minimum atomic E-state index is -0.572. The Labute approximate surface area is 181 Å². The van der Waals surface area contributed by atoms with Crippen LogP contribution < -0.4 is 5.73 Å². The summed E-state index contributed by atoms with van der Waals surface area (Å²) < 4.78 is 11.5. The standard InChI is InChI=1S/C22H26N4O3.ClH/c23-17(11-15-12-24-18-4-2-1-3-16(15)18)22(27)26-8-5-20-19(13-26)25-21(29-20)14-6-9-28-10-7-14;/h1-4,12,14,17,24H,5-11,13,23H2;1H/t17-;/m1./s1. The molecule has 0 unspecified atom stereocenters. The number of carbonyl (C=O) groups is 1. The number of ether oxygens (including phenoxy) is 1. The predicted molar refractivity (Wildman–Crippen MR) is 116 cm³/mol. The monoisotopic (exact) mass is 430 g/mol. The van der Waals surface area contributed by atoms with Gasteiger partial charge in [-0.2, -0.15) is 0 Å². The molecule has 0 bridgehead atoms. The summed E-state index contributed by atoms with van der Waals surface area (Å²) in [4.78, 5) is 22.8. The van der Waals surface area contributed by atoms with E-state index in [1.807, 2.05) is 29.3 Å². The Hall–Kier alpha value is -2.35. The molecule has 0 aliphatic carbocycles. The van der Waals surface area contributed by atoms with Gasteiger partial charge in [-0.05, 0) is 30.9 Å². The summed E-state index contributed by atoms with van der Waals surface area (Å²) in [5.74, 6) is 2.01. The lowest BCUT2D eigenvalue weighted by molar-refractivity contribution is -0.133. The van der Waals surface area contributed by atoms with Crippen molar-refractivity contribution in [2.45, 2.75) is 44.2 Å². The van der Waals surface area contributed by atoms with Crippen molar-refractivity contribution in [3.05, 3.63) is 53.4 Å². The second kappa shape index (κ2) is 8.79. The van der Waals surface area contributed by atoms with Crippen molar-refractivity contribution in [1.29, 1.82) is 0 Å². The lowest BCUT2D eigenvalue weighted by Gasteiger charge is -2.27. The SMILES string of the molecule is Cl.N[C@H](Cc1c[nH]c2ccccc12)C(=O)N1CCc2oc(C3CCOCC3)nc2C1. The van der Waals surface area contributed by atoms with E-state index in [1.165, 1.54) is 0 Å². The maximum Gasteiger partial charge on any atom is 0.240 e. The average Bonchev–Trinajstić information content (AvgIpc) is 3.37. The summed E-state index contributed by atoms with van der Waals surface area (Å²) >= 11 is 0. The summed E-state index contributed by atoms with van der Waals surface area (Å²) in [6.45, 7) is 2.61. The van der Waals surface area contributed by atoms with Gasteiger partial charge in [0, 0.05) is 49.2 Å². The lowest BCUT2D eigenvalue weighted by atomic mass is 10.0. The zero-order valence-electron chi connectivity index (χ0n) is 16.8. The van der Waals surface area contributed by atoms with E-state index >= 15 is 0 Å². The number of fused-ring (bicyclic) bond motifs is 2. The van der Waals surface area contributed by atoms with E-state index < -0.39 is 6.04 Å². The molecule has 3 aromatic rings. The molecule has 0 saturated carbocycles. The molecule has 1 aromatic carbocycles. The average molecular weight is 431 g/mol. The number of benzene rings is 1. The van der Waals surface area contributed by atoms with E-state index in [4.69, 9.17) is 19.9 Å². The van der Waals surface area contributed by atoms with E-state index in [2.05, 4.69) is 11.1 Å². The Morgan fingerprint density at radius 2 is 2.10 bits per heavy atom. The van der Waals surface area contributed by atoms with Crippen LogP contribution in [0.15, 0.2) is 34.9 Å². The lowest BCUT2D eigenvalue weighted by Crippen LogP contribution is -2.46. The van der Waals surface area contributed by atoms with Crippen LogP contribution in [0.2, 0.25) is 0 Å². The number of hydrogen-bond acceptors (Lipinski definition) is 5. The Kier molecular flexibility index (Phi) is 6.13. The first-order valence-electron chi connectivity index (χ1n) is 10.3. The maximum atomic E-state index is 13.0. The Morgan fingerprint density at radius 3 is 2.93 bits per heavy atom. The predicted octanol–water partition coefficient (Wildman–Crippen LogP) is 2.93. The van der Waals surface area contributed by atoms with Crippen LogP contribution in [-0.4, -0.2) is 46.6 Å². The molecule has 3 N–H and O–H groups in total. The van der Waals surface area contributed by atoms with Crippen molar-refractivity contribution in [3.63, 3.8) is 0 Å². The summed E-state index contributed by atoms with van der Waals surface area (Å²) in [7, 11) is 0. The largest absolute Gasteiger partial charge is 0.445 e. The number of hydrogen-bond donors (Lipinski definition) is 2. The fraction of sp³-hybridized carbons (Fsp3) is 0.455. The molecule has 1 saturated heterocycles. The van der Waals surface area contributed by atoms with E-state index in [1.54, 1.807) is 0 Å². The molecule has 5 rings (SSSR count). The second-order valence-corrected chi connectivity index (χ2v) is 7.99. The molecule has 1 fully saturated rings. The van der Waals surface area contributed by atoms with Gasteiger partial charge in [-0.1, -0.05) is 18.2 Å². The molecule has 0 radical (unpaired) electrons. The van der Waals surface area contributed by atoms with Crippen molar-refractivity contribution in [2.75, 3.05) is 19.8 Å². The minimum Gasteiger partial charge on any atom is -0.445 e. The molecular weight excluding hydrogens is 404 g/mol. The molecule has 160 valence electrons. The van der Waals surface area contributed by atoms with E-state index in [9.17, 15) is 4.79 Å². The Balaban J connectivity index is 0.00000218. The topological polar surface area (TPSA) is 97.4 Å². The maximum absolute atomic E-state index is 13.0. The number of aromatic nitrogens is 2. The van der Waals surface area contributed by atoms with Crippen molar-refractivity contribution >= 4 is 29.2 Å². The first-order valence-corrected chi connectivity index (χ1v) is 10.3. The molecule has 1 amide bonds. The first-order chi connectivity index (χ1) is 14.2. The second-order valence-electron chi connectivity index (χ2n) is 7.99. The highest BCUT2D eigenvalue weighted by atomic mass is 35.5. The van der Waals surface area contributed by atoms with Crippen LogP contribution in [0.25, 0.3) is 10.9 Å². The molecule has 7 nitrogen and oxygen atoms in total. The first kappa shape index (κ1) is 20.9. The number of oxazole rings is 1. The van der Waals surface area contributed by atoms with Gasteiger partial charge in [0.25, 0.3) is 0 Å². The number of carbonyl (C=O) groups excluding carboxylic acids is 1. The van der Waals surface area contributed by atoms with Gasteiger partial charge in [-0.3, -0.25) is 4.79 Å². The van der Waals surface area contributed by atoms with Crippen LogP contribution in [0.5, 0.6) is 0 Å². The van der Waals surface area contributed by atoms with E-state index in [-0.39, 0.29) is 18.3 Å².